The van der Waals surface area contributed by atoms with Gasteiger partial charge in [0.2, 0.25) is 11.8 Å². The van der Waals surface area contributed by atoms with Crippen LogP contribution in [0.2, 0.25) is 0 Å². The Bertz CT molecular complexity index is 923. The van der Waals surface area contributed by atoms with E-state index in [1.165, 1.54) is 24.3 Å². The Hall–Kier alpha value is -3.48. The van der Waals surface area contributed by atoms with Gasteiger partial charge in [0.1, 0.15) is 0 Å². The van der Waals surface area contributed by atoms with Crippen LogP contribution in [0.4, 0.5) is 5.69 Å². The van der Waals surface area contributed by atoms with E-state index >= 15 is 0 Å². The molecule has 7 nitrogen and oxygen atoms in total. The van der Waals surface area contributed by atoms with E-state index in [-0.39, 0.29) is 17.5 Å². The molecule has 0 aliphatic carbocycles. The fraction of sp³-hybridized carbons (Fsp3) is 0.238. The molecule has 0 radical (unpaired) electrons. The van der Waals surface area contributed by atoms with Gasteiger partial charge in [0.15, 0.2) is 0 Å². The molecule has 2 aromatic rings. The number of hydrogen-bond donors (Lipinski definition) is 1. The zero-order chi connectivity index (χ0) is 19.9. The lowest BCUT2D eigenvalue weighted by Gasteiger charge is -2.18. The van der Waals surface area contributed by atoms with E-state index in [9.17, 15) is 19.7 Å². The van der Waals surface area contributed by atoms with Crippen LogP contribution >= 0.6 is 0 Å². The van der Waals surface area contributed by atoms with Crippen LogP contribution in [0.1, 0.15) is 29.5 Å². The molecule has 0 aromatic heterocycles. The normalized spacial score (nSPS) is 13.9. The van der Waals surface area contributed by atoms with E-state index in [1.54, 1.807) is 12.1 Å². The van der Waals surface area contributed by atoms with Gasteiger partial charge < -0.3 is 10.2 Å². The maximum absolute atomic E-state index is 12.1. The fourth-order valence-corrected chi connectivity index (χ4v) is 3.12. The monoisotopic (exact) mass is 379 g/mol. The number of benzene rings is 2. The van der Waals surface area contributed by atoms with E-state index in [2.05, 4.69) is 5.32 Å². The van der Waals surface area contributed by atoms with Gasteiger partial charge in [-0.3, -0.25) is 19.7 Å². The zero-order valence-corrected chi connectivity index (χ0v) is 15.3. The molecule has 0 bridgehead atoms. The van der Waals surface area contributed by atoms with Crippen LogP contribution in [0, 0.1) is 10.1 Å². The first kappa shape index (κ1) is 19.3. The van der Waals surface area contributed by atoms with Crippen LogP contribution in [0.15, 0.2) is 54.6 Å². The first-order chi connectivity index (χ1) is 13.5. The maximum Gasteiger partial charge on any atom is 0.270 e. The second-order valence-corrected chi connectivity index (χ2v) is 6.59. The van der Waals surface area contributed by atoms with E-state index in [1.807, 2.05) is 29.2 Å². The molecule has 7 heteroatoms. The Morgan fingerprint density at radius 3 is 2.68 bits per heavy atom. The number of carbonyl (C=O) groups is 2. The van der Waals surface area contributed by atoms with Crippen molar-refractivity contribution in [2.75, 3.05) is 6.54 Å². The summed E-state index contributed by atoms with van der Waals surface area (Å²) in [5.41, 5.74) is 2.53. The summed E-state index contributed by atoms with van der Waals surface area (Å²) in [6, 6.07) is 13.8. The van der Waals surface area contributed by atoms with Gasteiger partial charge in [-0.1, -0.05) is 36.4 Å². The molecule has 1 aliphatic rings. The highest BCUT2D eigenvalue weighted by atomic mass is 16.6. The molecule has 1 heterocycles. The number of nitrogens with zero attached hydrogens (tertiary/aromatic N) is 2. The number of nitro benzene ring substituents is 1. The zero-order valence-electron chi connectivity index (χ0n) is 15.3. The van der Waals surface area contributed by atoms with Gasteiger partial charge in [0.25, 0.3) is 5.69 Å². The van der Waals surface area contributed by atoms with Crippen molar-refractivity contribution in [1.29, 1.82) is 0 Å². The summed E-state index contributed by atoms with van der Waals surface area (Å²) in [5.74, 6) is -0.128. The Balaban J connectivity index is 1.59. The van der Waals surface area contributed by atoms with E-state index in [4.69, 9.17) is 0 Å². The molecule has 3 rings (SSSR count). The molecule has 1 fully saturated rings. The van der Waals surface area contributed by atoms with Crippen molar-refractivity contribution in [3.8, 4) is 0 Å². The standard InChI is InChI=1S/C21H21N3O4/c25-20(11-10-16-5-3-8-19(13-16)24(27)28)22-14-17-6-1-2-7-18(17)15-23-12-4-9-21(23)26/h1-3,5-8,10-11,13H,4,9,12,14-15H2,(H,22,25)/b11-10+. The third-order valence-electron chi connectivity index (χ3n) is 4.61. The summed E-state index contributed by atoms with van der Waals surface area (Å²) >= 11 is 0. The molecule has 1 N–H and O–H groups in total. The predicted molar refractivity (Wildman–Crippen MR) is 105 cm³/mol. The summed E-state index contributed by atoms with van der Waals surface area (Å²) in [4.78, 5) is 36.1. The van der Waals surface area contributed by atoms with Gasteiger partial charge in [-0.15, -0.1) is 0 Å². The van der Waals surface area contributed by atoms with E-state index in [0.29, 0.717) is 25.1 Å². The summed E-state index contributed by atoms with van der Waals surface area (Å²) < 4.78 is 0. The fourth-order valence-electron chi connectivity index (χ4n) is 3.12. The van der Waals surface area contributed by atoms with Gasteiger partial charge in [-0.25, -0.2) is 0 Å². The topological polar surface area (TPSA) is 92.5 Å². The summed E-state index contributed by atoms with van der Waals surface area (Å²) in [6.07, 6.45) is 4.38. The van der Waals surface area contributed by atoms with Gasteiger partial charge >= 0.3 is 0 Å². The van der Waals surface area contributed by atoms with Crippen molar-refractivity contribution in [2.45, 2.75) is 25.9 Å². The third-order valence-corrected chi connectivity index (χ3v) is 4.61. The van der Waals surface area contributed by atoms with Crippen LogP contribution in [-0.2, 0) is 22.7 Å². The van der Waals surface area contributed by atoms with Crippen molar-refractivity contribution < 1.29 is 14.5 Å². The average Bonchev–Trinajstić information content (AvgIpc) is 3.10. The first-order valence-electron chi connectivity index (χ1n) is 9.08. The predicted octanol–water partition coefficient (Wildman–Crippen LogP) is 3.05. The highest BCUT2D eigenvalue weighted by molar-refractivity contribution is 5.91. The lowest BCUT2D eigenvalue weighted by molar-refractivity contribution is -0.384. The van der Waals surface area contributed by atoms with Gasteiger partial charge in [-0.2, -0.15) is 0 Å². The smallest absolute Gasteiger partial charge is 0.270 e. The van der Waals surface area contributed by atoms with Crippen LogP contribution in [0.5, 0.6) is 0 Å². The Kier molecular flexibility index (Phi) is 6.16. The second-order valence-electron chi connectivity index (χ2n) is 6.59. The quantitative estimate of drug-likeness (QED) is 0.455. The van der Waals surface area contributed by atoms with Crippen molar-refractivity contribution in [3.05, 3.63) is 81.4 Å². The van der Waals surface area contributed by atoms with Crippen LogP contribution in [0.3, 0.4) is 0 Å². The van der Waals surface area contributed by atoms with Crippen molar-refractivity contribution in [1.82, 2.24) is 10.2 Å². The molecule has 28 heavy (non-hydrogen) atoms. The molecule has 0 spiro atoms. The lowest BCUT2D eigenvalue weighted by atomic mass is 10.1. The number of non-ortho nitro benzene ring substituents is 1. The Labute approximate surface area is 162 Å². The van der Waals surface area contributed by atoms with Crippen LogP contribution in [-0.4, -0.2) is 28.2 Å². The molecular weight excluding hydrogens is 358 g/mol. The Morgan fingerprint density at radius 2 is 1.96 bits per heavy atom. The van der Waals surface area contributed by atoms with Gasteiger partial charge in [0, 0.05) is 44.3 Å². The SMILES string of the molecule is O=C(/C=C/c1cccc([N+](=O)[O-])c1)NCc1ccccc1CN1CCCC1=O. The van der Waals surface area contributed by atoms with Crippen molar-refractivity contribution >= 4 is 23.6 Å². The first-order valence-corrected chi connectivity index (χ1v) is 9.08. The molecule has 2 amide bonds. The minimum Gasteiger partial charge on any atom is -0.348 e. The molecule has 1 aliphatic heterocycles. The van der Waals surface area contributed by atoms with E-state index < -0.39 is 4.92 Å². The third kappa shape index (κ3) is 5.03. The van der Waals surface area contributed by atoms with Crippen LogP contribution < -0.4 is 5.32 Å². The number of carbonyl (C=O) groups excluding carboxylic acids is 2. The van der Waals surface area contributed by atoms with Gasteiger partial charge in [-0.05, 0) is 29.2 Å². The number of amides is 2. The summed E-state index contributed by atoms with van der Waals surface area (Å²) in [5, 5.41) is 13.6. The Morgan fingerprint density at radius 1 is 1.18 bits per heavy atom. The number of nitrogens with one attached hydrogen (secondary N) is 1. The molecule has 2 aromatic carbocycles. The lowest BCUT2D eigenvalue weighted by Crippen LogP contribution is -2.26. The molecule has 0 atom stereocenters. The molecule has 0 saturated carbocycles. The molecule has 1 saturated heterocycles. The minimum atomic E-state index is -0.473. The highest BCUT2D eigenvalue weighted by Gasteiger charge is 2.20. The molecular formula is C21H21N3O4. The number of likely N-dealkylation sites (tertiary alicyclic amines) is 1. The molecule has 0 unspecified atom stereocenters. The summed E-state index contributed by atoms with van der Waals surface area (Å²) in [7, 11) is 0. The number of hydrogen-bond acceptors (Lipinski definition) is 4. The largest absolute Gasteiger partial charge is 0.348 e. The minimum absolute atomic E-state index is 0.0204. The van der Waals surface area contributed by atoms with Crippen LogP contribution in [0.25, 0.3) is 6.08 Å². The van der Waals surface area contributed by atoms with E-state index in [0.717, 1.165) is 24.1 Å². The highest BCUT2D eigenvalue weighted by Crippen LogP contribution is 2.17. The molecule has 144 valence electrons. The maximum atomic E-state index is 12.1. The summed E-state index contributed by atoms with van der Waals surface area (Å²) in [6.45, 7) is 1.66. The number of rotatable bonds is 7. The second kappa shape index (κ2) is 8.94. The van der Waals surface area contributed by atoms with Crippen molar-refractivity contribution in [3.63, 3.8) is 0 Å². The van der Waals surface area contributed by atoms with Crippen molar-refractivity contribution in [2.24, 2.45) is 0 Å². The van der Waals surface area contributed by atoms with Gasteiger partial charge in [0.05, 0.1) is 4.92 Å². The number of nitro groups is 1. The average molecular weight is 379 g/mol.